The molecule has 1 aliphatic rings. The van der Waals surface area contributed by atoms with E-state index in [1.165, 1.54) is 0 Å². The molecule has 0 aliphatic carbocycles. The van der Waals surface area contributed by atoms with Crippen LogP contribution in [0.2, 0.25) is 0 Å². The van der Waals surface area contributed by atoms with Gasteiger partial charge in [-0.3, -0.25) is 4.68 Å². The van der Waals surface area contributed by atoms with Crippen LogP contribution in [0.15, 0.2) is 11.1 Å². The Morgan fingerprint density at radius 2 is 2.17 bits per heavy atom. The highest BCUT2D eigenvalue weighted by atomic mass is 32.2. The minimum atomic E-state index is -3.38. The van der Waals surface area contributed by atoms with Gasteiger partial charge in [-0.05, 0) is 33.6 Å². The highest BCUT2D eigenvalue weighted by Gasteiger charge is 2.33. The third-order valence-corrected chi connectivity index (χ3v) is 5.67. The maximum Gasteiger partial charge on any atom is 0.246 e. The summed E-state index contributed by atoms with van der Waals surface area (Å²) in [4.78, 5) is 0.359. The summed E-state index contributed by atoms with van der Waals surface area (Å²) in [6.07, 6.45) is 4.65. The average molecular weight is 271 g/mol. The van der Waals surface area contributed by atoms with Gasteiger partial charge in [-0.2, -0.15) is 9.40 Å². The molecule has 0 bridgehead atoms. The first-order valence-electron chi connectivity index (χ1n) is 6.52. The van der Waals surface area contributed by atoms with E-state index in [2.05, 4.69) is 5.10 Å². The van der Waals surface area contributed by atoms with Crippen molar-refractivity contribution in [1.29, 1.82) is 0 Å². The van der Waals surface area contributed by atoms with Crippen molar-refractivity contribution in [3.63, 3.8) is 0 Å². The van der Waals surface area contributed by atoms with Crippen molar-refractivity contribution in [2.45, 2.75) is 57.5 Å². The van der Waals surface area contributed by atoms with E-state index < -0.39 is 10.0 Å². The van der Waals surface area contributed by atoms with E-state index >= 15 is 0 Å². The molecule has 1 unspecified atom stereocenters. The lowest BCUT2D eigenvalue weighted by molar-refractivity contribution is 0.268. The Morgan fingerprint density at radius 1 is 1.44 bits per heavy atom. The topological polar surface area (TPSA) is 55.2 Å². The predicted octanol–water partition coefficient (Wildman–Crippen LogP) is 1.77. The molecule has 6 heteroatoms. The molecular formula is C12H21N3O2S. The van der Waals surface area contributed by atoms with Crippen LogP contribution in [0, 0.1) is 6.92 Å². The Balaban J connectivity index is 2.37. The SMILES string of the molecule is CCn1cc(S(=O)(=O)N2CCCCC2C)c(C)n1. The molecule has 0 spiro atoms. The van der Waals surface area contributed by atoms with Crippen molar-refractivity contribution in [2.75, 3.05) is 6.54 Å². The summed E-state index contributed by atoms with van der Waals surface area (Å²) in [7, 11) is -3.38. The number of aryl methyl sites for hydroxylation is 2. The van der Waals surface area contributed by atoms with Crippen molar-refractivity contribution in [2.24, 2.45) is 0 Å². The zero-order valence-electron chi connectivity index (χ0n) is 11.3. The van der Waals surface area contributed by atoms with E-state index in [1.54, 1.807) is 22.1 Å². The number of rotatable bonds is 3. The maximum atomic E-state index is 12.6. The summed E-state index contributed by atoms with van der Waals surface area (Å²) in [5.74, 6) is 0. The molecule has 0 amide bonds. The standard InChI is InChI=1S/C12H21N3O2S/c1-4-14-9-12(11(3)13-14)18(16,17)15-8-6-5-7-10(15)2/h9-10H,4-8H2,1-3H3. The maximum absolute atomic E-state index is 12.6. The fraction of sp³-hybridized carbons (Fsp3) is 0.750. The predicted molar refractivity (Wildman–Crippen MR) is 69.8 cm³/mol. The van der Waals surface area contributed by atoms with Crippen LogP contribution in [-0.4, -0.2) is 35.1 Å². The molecule has 1 aromatic heterocycles. The van der Waals surface area contributed by atoms with Gasteiger partial charge in [0, 0.05) is 25.3 Å². The highest BCUT2D eigenvalue weighted by Crippen LogP contribution is 2.26. The molecule has 1 aliphatic heterocycles. The summed E-state index contributed by atoms with van der Waals surface area (Å²) >= 11 is 0. The number of piperidine rings is 1. The second kappa shape index (κ2) is 5.01. The van der Waals surface area contributed by atoms with Crippen LogP contribution in [0.4, 0.5) is 0 Å². The largest absolute Gasteiger partial charge is 0.271 e. The van der Waals surface area contributed by atoms with Gasteiger partial charge in [-0.1, -0.05) is 6.42 Å². The van der Waals surface area contributed by atoms with E-state index in [9.17, 15) is 8.42 Å². The van der Waals surface area contributed by atoms with Crippen LogP contribution in [-0.2, 0) is 16.6 Å². The molecule has 102 valence electrons. The third kappa shape index (κ3) is 2.31. The Labute approximate surface area is 109 Å². The lowest BCUT2D eigenvalue weighted by Gasteiger charge is -2.31. The van der Waals surface area contributed by atoms with E-state index in [-0.39, 0.29) is 6.04 Å². The summed E-state index contributed by atoms with van der Waals surface area (Å²) < 4.78 is 28.5. The lowest BCUT2D eigenvalue weighted by atomic mass is 10.1. The van der Waals surface area contributed by atoms with Gasteiger partial charge in [-0.25, -0.2) is 8.42 Å². The lowest BCUT2D eigenvalue weighted by Crippen LogP contribution is -2.42. The Bertz CT molecular complexity index is 521. The molecule has 1 saturated heterocycles. The zero-order valence-corrected chi connectivity index (χ0v) is 12.1. The van der Waals surface area contributed by atoms with Gasteiger partial charge in [0.15, 0.2) is 0 Å². The monoisotopic (exact) mass is 271 g/mol. The van der Waals surface area contributed by atoms with E-state index in [0.717, 1.165) is 19.3 Å². The average Bonchev–Trinajstić information content (AvgIpc) is 2.71. The Morgan fingerprint density at radius 3 is 2.72 bits per heavy atom. The van der Waals surface area contributed by atoms with Crippen molar-refractivity contribution in [3.8, 4) is 0 Å². The van der Waals surface area contributed by atoms with E-state index in [0.29, 0.717) is 23.7 Å². The van der Waals surface area contributed by atoms with Crippen LogP contribution in [0.1, 0.15) is 38.8 Å². The van der Waals surface area contributed by atoms with E-state index in [4.69, 9.17) is 0 Å². The molecule has 0 radical (unpaired) electrons. The van der Waals surface area contributed by atoms with Crippen LogP contribution in [0.5, 0.6) is 0 Å². The molecule has 1 fully saturated rings. The molecule has 2 heterocycles. The molecule has 0 N–H and O–H groups in total. The fourth-order valence-corrected chi connectivity index (χ4v) is 4.34. The van der Waals surface area contributed by atoms with Gasteiger partial charge in [-0.15, -0.1) is 0 Å². The first-order valence-corrected chi connectivity index (χ1v) is 7.96. The molecule has 1 atom stereocenters. The van der Waals surface area contributed by atoms with Gasteiger partial charge in [0.2, 0.25) is 10.0 Å². The van der Waals surface area contributed by atoms with Crippen molar-refractivity contribution < 1.29 is 8.42 Å². The van der Waals surface area contributed by atoms with Crippen molar-refractivity contribution >= 4 is 10.0 Å². The summed E-state index contributed by atoms with van der Waals surface area (Å²) in [6, 6.07) is 0.0909. The van der Waals surface area contributed by atoms with Gasteiger partial charge in [0.05, 0.1) is 5.69 Å². The van der Waals surface area contributed by atoms with Gasteiger partial charge >= 0.3 is 0 Å². The zero-order chi connectivity index (χ0) is 13.3. The van der Waals surface area contributed by atoms with Crippen LogP contribution < -0.4 is 0 Å². The quantitative estimate of drug-likeness (QED) is 0.842. The molecule has 1 aromatic rings. The first-order chi connectivity index (χ1) is 8.46. The smallest absolute Gasteiger partial charge is 0.246 e. The number of hydrogen-bond acceptors (Lipinski definition) is 3. The minimum absolute atomic E-state index is 0.0909. The van der Waals surface area contributed by atoms with Gasteiger partial charge in [0.25, 0.3) is 0 Å². The molecule has 2 rings (SSSR count). The summed E-state index contributed by atoms with van der Waals surface area (Å²) in [6.45, 7) is 7.00. The number of nitrogens with zero attached hydrogens (tertiary/aromatic N) is 3. The van der Waals surface area contributed by atoms with Crippen molar-refractivity contribution in [1.82, 2.24) is 14.1 Å². The number of hydrogen-bond donors (Lipinski definition) is 0. The Hall–Kier alpha value is -0.880. The molecule has 5 nitrogen and oxygen atoms in total. The van der Waals surface area contributed by atoms with Crippen LogP contribution in [0.25, 0.3) is 0 Å². The van der Waals surface area contributed by atoms with Crippen LogP contribution >= 0.6 is 0 Å². The van der Waals surface area contributed by atoms with Gasteiger partial charge in [0.1, 0.15) is 4.90 Å². The molecule has 0 aromatic carbocycles. The minimum Gasteiger partial charge on any atom is -0.271 e. The molecular weight excluding hydrogens is 250 g/mol. The van der Waals surface area contributed by atoms with Gasteiger partial charge < -0.3 is 0 Å². The Kier molecular flexibility index (Phi) is 3.77. The molecule has 0 saturated carbocycles. The summed E-state index contributed by atoms with van der Waals surface area (Å²) in [5, 5.41) is 4.23. The summed E-state index contributed by atoms with van der Waals surface area (Å²) in [5.41, 5.74) is 0.592. The molecule has 18 heavy (non-hydrogen) atoms. The van der Waals surface area contributed by atoms with Crippen molar-refractivity contribution in [3.05, 3.63) is 11.9 Å². The number of sulfonamides is 1. The van der Waals surface area contributed by atoms with Crippen LogP contribution in [0.3, 0.4) is 0 Å². The first kappa shape index (κ1) is 13.5. The van der Waals surface area contributed by atoms with E-state index in [1.807, 2.05) is 13.8 Å². The second-order valence-electron chi connectivity index (χ2n) is 4.90. The fourth-order valence-electron chi connectivity index (χ4n) is 2.47. The number of aromatic nitrogens is 2. The third-order valence-electron chi connectivity index (χ3n) is 3.55. The second-order valence-corrected chi connectivity index (χ2v) is 6.75. The highest BCUT2D eigenvalue weighted by molar-refractivity contribution is 7.89. The normalized spacial score (nSPS) is 22.3.